The largest absolute Gasteiger partial charge is 0.490 e. The standard InChI is InChI=1S/C17H18ClNO3/c1-3-21-16-9-14(10-19-20)8-15(18)17(16)22-11-13-6-4-12(2)5-7-13/h4-10,20H,3,11H2,1-2H3/b19-10+. The number of rotatable bonds is 6. The first kappa shape index (κ1) is 16.2. The highest BCUT2D eigenvalue weighted by atomic mass is 35.5. The molecule has 0 fully saturated rings. The number of oxime groups is 1. The van der Waals surface area contributed by atoms with Crippen molar-refractivity contribution in [3.63, 3.8) is 0 Å². The van der Waals surface area contributed by atoms with Gasteiger partial charge in [0.05, 0.1) is 17.8 Å². The number of ether oxygens (including phenoxy) is 2. The van der Waals surface area contributed by atoms with Crippen LogP contribution < -0.4 is 9.47 Å². The zero-order valence-electron chi connectivity index (χ0n) is 12.5. The molecule has 4 nitrogen and oxygen atoms in total. The van der Waals surface area contributed by atoms with Gasteiger partial charge in [-0.05, 0) is 31.5 Å². The quantitative estimate of drug-likeness (QED) is 0.486. The van der Waals surface area contributed by atoms with E-state index in [0.29, 0.717) is 35.3 Å². The van der Waals surface area contributed by atoms with Crippen LogP contribution in [-0.4, -0.2) is 18.0 Å². The summed E-state index contributed by atoms with van der Waals surface area (Å²) in [5.41, 5.74) is 2.88. The van der Waals surface area contributed by atoms with Gasteiger partial charge < -0.3 is 14.7 Å². The Morgan fingerprint density at radius 1 is 1.18 bits per heavy atom. The first-order valence-corrected chi connectivity index (χ1v) is 7.34. The van der Waals surface area contributed by atoms with Crippen molar-refractivity contribution in [2.45, 2.75) is 20.5 Å². The molecule has 0 atom stereocenters. The maximum atomic E-state index is 8.63. The molecule has 0 spiro atoms. The van der Waals surface area contributed by atoms with E-state index in [1.807, 2.05) is 38.1 Å². The van der Waals surface area contributed by atoms with Crippen LogP contribution in [0, 0.1) is 6.92 Å². The van der Waals surface area contributed by atoms with Crippen molar-refractivity contribution in [3.8, 4) is 11.5 Å². The summed E-state index contributed by atoms with van der Waals surface area (Å²) in [6, 6.07) is 11.5. The van der Waals surface area contributed by atoms with Crippen molar-refractivity contribution in [1.29, 1.82) is 0 Å². The molecule has 0 aromatic heterocycles. The van der Waals surface area contributed by atoms with E-state index in [0.717, 1.165) is 5.56 Å². The molecule has 2 rings (SSSR count). The molecule has 5 heteroatoms. The Hall–Kier alpha value is -2.20. The van der Waals surface area contributed by atoms with Gasteiger partial charge in [0.15, 0.2) is 11.5 Å². The van der Waals surface area contributed by atoms with Gasteiger partial charge in [-0.15, -0.1) is 0 Å². The van der Waals surface area contributed by atoms with E-state index in [-0.39, 0.29) is 0 Å². The fraction of sp³-hybridized carbons (Fsp3) is 0.235. The first-order chi connectivity index (χ1) is 10.6. The second-order valence-corrected chi connectivity index (χ2v) is 5.19. The first-order valence-electron chi connectivity index (χ1n) is 6.96. The number of benzene rings is 2. The number of hydrogen-bond acceptors (Lipinski definition) is 4. The molecule has 0 saturated heterocycles. The third-order valence-electron chi connectivity index (χ3n) is 3.04. The maximum Gasteiger partial charge on any atom is 0.180 e. The van der Waals surface area contributed by atoms with Crippen molar-refractivity contribution in [2.75, 3.05) is 6.61 Å². The highest BCUT2D eigenvalue weighted by molar-refractivity contribution is 6.32. The van der Waals surface area contributed by atoms with Crippen LogP contribution in [0.15, 0.2) is 41.6 Å². The lowest BCUT2D eigenvalue weighted by Gasteiger charge is -2.14. The molecule has 0 aliphatic carbocycles. The van der Waals surface area contributed by atoms with Gasteiger partial charge in [0, 0.05) is 5.56 Å². The second-order valence-electron chi connectivity index (χ2n) is 4.78. The summed E-state index contributed by atoms with van der Waals surface area (Å²) in [6.07, 6.45) is 1.29. The smallest absolute Gasteiger partial charge is 0.180 e. The summed E-state index contributed by atoms with van der Waals surface area (Å²) in [5, 5.41) is 12.0. The molecule has 0 saturated carbocycles. The van der Waals surface area contributed by atoms with Crippen LogP contribution in [0.25, 0.3) is 0 Å². The van der Waals surface area contributed by atoms with E-state index >= 15 is 0 Å². The highest BCUT2D eigenvalue weighted by Crippen LogP contribution is 2.36. The summed E-state index contributed by atoms with van der Waals surface area (Å²) >= 11 is 6.25. The van der Waals surface area contributed by atoms with Crippen molar-refractivity contribution >= 4 is 17.8 Å². The van der Waals surface area contributed by atoms with Crippen LogP contribution in [0.2, 0.25) is 5.02 Å². The van der Waals surface area contributed by atoms with Crippen molar-refractivity contribution < 1.29 is 14.7 Å². The Morgan fingerprint density at radius 2 is 1.91 bits per heavy atom. The second kappa shape index (κ2) is 7.71. The van der Waals surface area contributed by atoms with Gasteiger partial charge in [0.1, 0.15) is 6.61 Å². The van der Waals surface area contributed by atoms with Crippen molar-refractivity contribution in [1.82, 2.24) is 0 Å². The monoisotopic (exact) mass is 319 g/mol. The lowest BCUT2D eigenvalue weighted by molar-refractivity contribution is 0.269. The van der Waals surface area contributed by atoms with Crippen molar-refractivity contribution in [2.24, 2.45) is 5.16 Å². The predicted molar refractivity (Wildman–Crippen MR) is 87.5 cm³/mol. The summed E-state index contributed by atoms with van der Waals surface area (Å²) < 4.78 is 11.4. The molecule has 0 heterocycles. The number of nitrogens with zero attached hydrogens (tertiary/aromatic N) is 1. The fourth-order valence-corrected chi connectivity index (χ4v) is 2.25. The molecule has 22 heavy (non-hydrogen) atoms. The van der Waals surface area contributed by atoms with Gasteiger partial charge in [0.25, 0.3) is 0 Å². The predicted octanol–water partition coefficient (Wildman–Crippen LogP) is 4.43. The normalized spacial score (nSPS) is 10.9. The Kier molecular flexibility index (Phi) is 5.67. The van der Waals surface area contributed by atoms with Gasteiger partial charge in [-0.25, -0.2) is 0 Å². The SMILES string of the molecule is CCOc1cc(/C=N/O)cc(Cl)c1OCc1ccc(C)cc1. The molecule has 0 unspecified atom stereocenters. The van der Waals surface area contributed by atoms with E-state index in [1.165, 1.54) is 11.8 Å². The minimum atomic E-state index is 0.396. The molecule has 2 aromatic carbocycles. The third kappa shape index (κ3) is 4.15. The minimum Gasteiger partial charge on any atom is -0.490 e. The number of hydrogen-bond donors (Lipinski definition) is 1. The van der Waals surface area contributed by atoms with Gasteiger partial charge in [-0.1, -0.05) is 46.6 Å². The summed E-state index contributed by atoms with van der Waals surface area (Å²) in [6.45, 7) is 4.80. The number of halogens is 1. The molecule has 0 bridgehead atoms. The summed E-state index contributed by atoms with van der Waals surface area (Å²) in [4.78, 5) is 0. The zero-order valence-corrected chi connectivity index (χ0v) is 13.3. The Balaban J connectivity index is 2.22. The molecular weight excluding hydrogens is 302 g/mol. The lowest BCUT2D eigenvalue weighted by Crippen LogP contribution is -2.01. The Bertz CT molecular complexity index is 654. The summed E-state index contributed by atoms with van der Waals surface area (Å²) in [5.74, 6) is 1.01. The van der Waals surface area contributed by atoms with E-state index in [9.17, 15) is 0 Å². The van der Waals surface area contributed by atoms with E-state index in [2.05, 4.69) is 5.16 Å². The molecule has 2 aromatic rings. The lowest BCUT2D eigenvalue weighted by atomic mass is 10.1. The third-order valence-corrected chi connectivity index (χ3v) is 3.32. The Morgan fingerprint density at radius 3 is 2.55 bits per heavy atom. The van der Waals surface area contributed by atoms with E-state index < -0.39 is 0 Å². The summed E-state index contributed by atoms with van der Waals surface area (Å²) in [7, 11) is 0. The van der Waals surface area contributed by atoms with Gasteiger partial charge in [-0.2, -0.15) is 0 Å². The molecule has 0 aliphatic rings. The fourth-order valence-electron chi connectivity index (χ4n) is 1.97. The molecular formula is C17H18ClNO3. The minimum absolute atomic E-state index is 0.396. The van der Waals surface area contributed by atoms with Crippen LogP contribution in [0.1, 0.15) is 23.6 Å². The molecule has 0 amide bonds. The van der Waals surface area contributed by atoms with Gasteiger partial charge in [-0.3, -0.25) is 0 Å². The zero-order chi connectivity index (χ0) is 15.9. The van der Waals surface area contributed by atoms with Crippen LogP contribution in [-0.2, 0) is 6.61 Å². The van der Waals surface area contributed by atoms with Crippen LogP contribution in [0.5, 0.6) is 11.5 Å². The average molecular weight is 320 g/mol. The van der Waals surface area contributed by atoms with E-state index in [4.69, 9.17) is 26.3 Å². The highest BCUT2D eigenvalue weighted by Gasteiger charge is 2.12. The van der Waals surface area contributed by atoms with Crippen LogP contribution in [0.3, 0.4) is 0 Å². The topological polar surface area (TPSA) is 51.0 Å². The van der Waals surface area contributed by atoms with E-state index in [1.54, 1.807) is 12.1 Å². The van der Waals surface area contributed by atoms with Crippen molar-refractivity contribution in [3.05, 3.63) is 58.1 Å². The average Bonchev–Trinajstić information content (AvgIpc) is 2.49. The maximum absolute atomic E-state index is 8.63. The van der Waals surface area contributed by atoms with Gasteiger partial charge in [0.2, 0.25) is 0 Å². The number of aryl methyl sites for hydroxylation is 1. The molecule has 1 N–H and O–H groups in total. The van der Waals surface area contributed by atoms with Gasteiger partial charge >= 0.3 is 0 Å². The molecule has 0 radical (unpaired) electrons. The van der Waals surface area contributed by atoms with Crippen LogP contribution >= 0.6 is 11.6 Å². The molecule has 116 valence electrons. The molecule has 0 aliphatic heterocycles. The Labute approximate surface area is 134 Å². The van der Waals surface area contributed by atoms with Crippen LogP contribution in [0.4, 0.5) is 0 Å².